The van der Waals surface area contributed by atoms with Gasteiger partial charge in [0, 0.05) is 40.9 Å². The van der Waals surface area contributed by atoms with Gasteiger partial charge in [0.15, 0.2) is 11.5 Å². The quantitative estimate of drug-likeness (QED) is 0.665. The van der Waals surface area contributed by atoms with Crippen molar-refractivity contribution in [1.82, 2.24) is 4.98 Å². The summed E-state index contributed by atoms with van der Waals surface area (Å²) in [5.74, 6) is 0.897. The first-order valence-corrected chi connectivity index (χ1v) is 10.8. The van der Waals surface area contributed by atoms with Gasteiger partial charge in [0.05, 0.1) is 12.1 Å². The second-order valence-electron chi connectivity index (χ2n) is 6.86. The van der Waals surface area contributed by atoms with E-state index in [2.05, 4.69) is 15.7 Å². The Morgan fingerprint density at radius 1 is 1.15 bits per heavy atom. The topological polar surface area (TPSA) is 60.5 Å². The van der Waals surface area contributed by atoms with Gasteiger partial charge in [0.2, 0.25) is 5.91 Å². The number of amides is 1. The van der Waals surface area contributed by atoms with E-state index >= 15 is 0 Å². The van der Waals surface area contributed by atoms with Gasteiger partial charge in [-0.15, -0.1) is 11.3 Å². The number of ether oxygens (including phenoxy) is 2. The van der Waals surface area contributed by atoms with Crippen LogP contribution in [-0.4, -0.2) is 16.7 Å². The fourth-order valence-electron chi connectivity index (χ4n) is 3.57. The number of nitrogens with one attached hydrogen (secondary N) is 1. The second-order valence-corrected chi connectivity index (χ2v) is 8.50. The molecule has 1 spiro atoms. The molecule has 5 rings (SSSR count). The van der Waals surface area contributed by atoms with E-state index in [0.29, 0.717) is 11.4 Å². The lowest BCUT2D eigenvalue weighted by molar-refractivity contribution is -0.115. The Kier molecular flexibility index (Phi) is 4.13. The molecule has 3 heterocycles. The van der Waals surface area contributed by atoms with Gasteiger partial charge in [-0.25, -0.2) is 4.98 Å². The van der Waals surface area contributed by atoms with E-state index in [0.717, 1.165) is 47.7 Å². The smallest absolute Gasteiger partial charge is 0.251 e. The van der Waals surface area contributed by atoms with E-state index < -0.39 is 5.79 Å². The maximum absolute atomic E-state index is 12.4. The van der Waals surface area contributed by atoms with Crippen LogP contribution in [0.4, 0.5) is 5.69 Å². The number of rotatable bonds is 4. The minimum absolute atomic E-state index is 0.0911. The first-order chi connectivity index (χ1) is 13.2. The minimum Gasteiger partial charge on any atom is -0.448 e. The van der Waals surface area contributed by atoms with Crippen molar-refractivity contribution >= 4 is 34.3 Å². The lowest BCUT2D eigenvalue weighted by atomic mass is 10.2. The van der Waals surface area contributed by atoms with Crippen molar-refractivity contribution in [3.05, 3.63) is 46.1 Å². The highest BCUT2D eigenvalue weighted by atomic mass is 32.1. The first-order valence-electron chi connectivity index (χ1n) is 8.98. The van der Waals surface area contributed by atoms with Gasteiger partial charge in [-0.05, 0) is 36.4 Å². The Morgan fingerprint density at radius 2 is 2.00 bits per heavy atom. The average Bonchev–Trinajstić information content (AvgIpc) is 3.41. The predicted molar refractivity (Wildman–Crippen MR) is 107 cm³/mol. The highest BCUT2D eigenvalue weighted by Gasteiger charge is 2.44. The van der Waals surface area contributed by atoms with Crippen LogP contribution in [0.15, 0.2) is 40.4 Å². The number of fused-ring (bicyclic) bond motifs is 1. The van der Waals surface area contributed by atoms with Crippen LogP contribution >= 0.6 is 22.7 Å². The Bertz CT molecular complexity index is 975. The van der Waals surface area contributed by atoms with E-state index in [1.165, 1.54) is 0 Å². The van der Waals surface area contributed by atoms with Crippen LogP contribution in [0.1, 0.15) is 31.4 Å². The fourth-order valence-corrected chi connectivity index (χ4v) is 5.10. The SMILES string of the molecule is O=C(Cc1csc(-c2ccsc2)n1)Nc1ccc2c(c1)OC1(CCCC1)O2. The molecule has 2 aliphatic rings. The lowest BCUT2D eigenvalue weighted by Gasteiger charge is -2.21. The molecule has 27 heavy (non-hydrogen) atoms. The normalized spacial score (nSPS) is 16.7. The molecule has 1 aromatic carbocycles. The van der Waals surface area contributed by atoms with Gasteiger partial charge < -0.3 is 14.8 Å². The summed E-state index contributed by atoms with van der Waals surface area (Å²) < 4.78 is 12.1. The van der Waals surface area contributed by atoms with E-state index in [1.807, 2.05) is 35.0 Å². The summed E-state index contributed by atoms with van der Waals surface area (Å²) in [5, 5.41) is 9.91. The number of hydrogen-bond donors (Lipinski definition) is 1. The number of benzene rings is 1. The van der Waals surface area contributed by atoms with Crippen LogP contribution < -0.4 is 14.8 Å². The largest absolute Gasteiger partial charge is 0.448 e. The Labute approximate surface area is 165 Å². The van der Waals surface area contributed by atoms with Crippen LogP contribution in [0.5, 0.6) is 11.5 Å². The number of nitrogens with zero attached hydrogens (tertiary/aromatic N) is 1. The van der Waals surface area contributed by atoms with Crippen molar-refractivity contribution in [2.45, 2.75) is 37.9 Å². The fraction of sp³-hybridized carbons (Fsp3) is 0.300. The molecule has 1 aliphatic heterocycles. The Balaban J connectivity index is 1.24. The molecule has 3 aromatic rings. The molecule has 1 aliphatic carbocycles. The number of thiazole rings is 1. The highest BCUT2D eigenvalue weighted by molar-refractivity contribution is 7.14. The highest BCUT2D eigenvalue weighted by Crippen LogP contribution is 2.47. The summed E-state index contributed by atoms with van der Waals surface area (Å²) in [6, 6.07) is 7.61. The number of carbonyl (C=O) groups is 1. The zero-order chi connectivity index (χ0) is 18.3. The summed E-state index contributed by atoms with van der Waals surface area (Å²) in [5.41, 5.74) is 2.60. The standard InChI is InChI=1S/C20H18N2O3S2/c23-18(10-15-12-27-19(22-15)13-5-8-26-11-13)21-14-3-4-16-17(9-14)25-20(24-16)6-1-2-7-20/h3-5,8-9,11-12H,1-2,6-7,10H2,(H,21,23). The number of thiophene rings is 1. The molecule has 138 valence electrons. The molecule has 1 amide bonds. The molecular weight excluding hydrogens is 380 g/mol. The second kappa shape index (κ2) is 6.65. The maximum atomic E-state index is 12.4. The average molecular weight is 399 g/mol. The molecule has 1 saturated carbocycles. The molecule has 0 radical (unpaired) electrons. The molecule has 2 aromatic heterocycles. The third-order valence-electron chi connectivity index (χ3n) is 4.85. The molecule has 0 saturated heterocycles. The molecule has 0 unspecified atom stereocenters. The number of hydrogen-bond acceptors (Lipinski definition) is 6. The zero-order valence-corrected chi connectivity index (χ0v) is 16.2. The van der Waals surface area contributed by atoms with Gasteiger partial charge in [-0.3, -0.25) is 4.79 Å². The van der Waals surface area contributed by atoms with E-state index in [4.69, 9.17) is 9.47 Å². The van der Waals surface area contributed by atoms with E-state index in [1.54, 1.807) is 22.7 Å². The Hall–Kier alpha value is -2.38. The van der Waals surface area contributed by atoms with Crippen molar-refractivity contribution in [2.24, 2.45) is 0 Å². The number of carbonyl (C=O) groups excluding carboxylic acids is 1. The molecular formula is C20H18N2O3S2. The van der Waals surface area contributed by atoms with Crippen LogP contribution in [-0.2, 0) is 11.2 Å². The van der Waals surface area contributed by atoms with Gasteiger partial charge >= 0.3 is 0 Å². The summed E-state index contributed by atoms with van der Waals surface area (Å²) in [6.07, 6.45) is 4.33. The molecule has 0 atom stereocenters. The molecule has 1 N–H and O–H groups in total. The predicted octanol–water partition coefficient (Wildman–Crippen LogP) is 5.09. The monoisotopic (exact) mass is 398 g/mol. The lowest BCUT2D eigenvalue weighted by Crippen LogP contribution is -2.34. The number of aromatic nitrogens is 1. The van der Waals surface area contributed by atoms with Crippen molar-refractivity contribution in [2.75, 3.05) is 5.32 Å². The minimum atomic E-state index is -0.483. The first kappa shape index (κ1) is 16.8. The van der Waals surface area contributed by atoms with E-state index in [-0.39, 0.29) is 12.3 Å². The number of anilines is 1. The molecule has 0 bridgehead atoms. The van der Waals surface area contributed by atoms with Gasteiger partial charge in [0.25, 0.3) is 5.79 Å². The molecule has 1 fully saturated rings. The third-order valence-corrected chi connectivity index (χ3v) is 6.47. The van der Waals surface area contributed by atoms with Crippen molar-refractivity contribution in [3.63, 3.8) is 0 Å². The summed E-state index contributed by atoms with van der Waals surface area (Å²) >= 11 is 3.20. The van der Waals surface area contributed by atoms with E-state index in [9.17, 15) is 4.79 Å². The third kappa shape index (κ3) is 3.33. The van der Waals surface area contributed by atoms with Gasteiger partial charge in [-0.1, -0.05) is 0 Å². The van der Waals surface area contributed by atoms with Gasteiger partial charge in [-0.2, -0.15) is 11.3 Å². The van der Waals surface area contributed by atoms with Crippen molar-refractivity contribution < 1.29 is 14.3 Å². The zero-order valence-electron chi connectivity index (χ0n) is 14.6. The van der Waals surface area contributed by atoms with Crippen LogP contribution in [0.3, 0.4) is 0 Å². The molecule has 5 nitrogen and oxygen atoms in total. The Morgan fingerprint density at radius 3 is 2.81 bits per heavy atom. The maximum Gasteiger partial charge on any atom is 0.251 e. The van der Waals surface area contributed by atoms with Crippen molar-refractivity contribution in [3.8, 4) is 22.1 Å². The summed E-state index contributed by atoms with van der Waals surface area (Å²) in [7, 11) is 0. The summed E-state index contributed by atoms with van der Waals surface area (Å²) in [4.78, 5) is 17.0. The van der Waals surface area contributed by atoms with Gasteiger partial charge in [0.1, 0.15) is 5.01 Å². The van der Waals surface area contributed by atoms with Crippen molar-refractivity contribution in [1.29, 1.82) is 0 Å². The summed E-state index contributed by atoms with van der Waals surface area (Å²) in [6.45, 7) is 0. The van der Waals surface area contributed by atoms with Crippen LogP contribution in [0.25, 0.3) is 10.6 Å². The van der Waals surface area contributed by atoms with Crippen LogP contribution in [0.2, 0.25) is 0 Å². The molecule has 7 heteroatoms. The van der Waals surface area contributed by atoms with Crippen LogP contribution in [0, 0.1) is 0 Å².